The van der Waals surface area contributed by atoms with Crippen molar-refractivity contribution in [2.45, 2.75) is 4.90 Å². The standard InChI is InChI=1S/C11H15NO6S2/c1-18-9-7-8(11(13)14)3-4-10(9)20(16,17)12-5-6-19(2)15/h3-4,7,12H,5-6H2,1-2H3,(H,13,14). The number of aromatic carboxylic acids is 1. The van der Waals surface area contributed by atoms with Gasteiger partial charge in [-0.2, -0.15) is 0 Å². The van der Waals surface area contributed by atoms with Gasteiger partial charge >= 0.3 is 5.97 Å². The van der Waals surface area contributed by atoms with Crippen molar-refractivity contribution >= 4 is 26.8 Å². The van der Waals surface area contributed by atoms with Crippen molar-refractivity contribution in [3.63, 3.8) is 0 Å². The molecule has 0 aliphatic heterocycles. The zero-order chi connectivity index (χ0) is 15.3. The van der Waals surface area contributed by atoms with Crippen LogP contribution in [-0.4, -0.2) is 49.4 Å². The molecule has 112 valence electrons. The minimum Gasteiger partial charge on any atom is -0.495 e. The molecule has 1 aromatic rings. The fourth-order valence-corrected chi connectivity index (χ4v) is 3.12. The lowest BCUT2D eigenvalue weighted by molar-refractivity contribution is 0.0696. The zero-order valence-corrected chi connectivity index (χ0v) is 12.6. The molecule has 9 heteroatoms. The molecule has 7 nitrogen and oxygen atoms in total. The van der Waals surface area contributed by atoms with Gasteiger partial charge in [-0.25, -0.2) is 17.9 Å². The predicted molar refractivity (Wildman–Crippen MR) is 74.1 cm³/mol. The lowest BCUT2D eigenvalue weighted by Crippen LogP contribution is -2.28. The van der Waals surface area contributed by atoms with Crippen molar-refractivity contribution in [1.82, 2.24) is 4.72 Å². The van der Waals surface area contributed by atoms with E-state index in [1.807, 2.05) is 0 Å². The number of rotatable bonds is 7. The molecule has 0 aliphatic rings. The minimum absolute atomic E-state index is 0.0231. The van der Waals surface area contributed by atoms with Gasteiger partial charge in [-0.1, -0.05) is 0 Å². The molecule has 0 spiro atoms. The summed E-state index contributed by atoms with van der Waals surface area (Å²) >= 11 is 0. The minimum atomic E-state index is -3.84. The number of nitrogens with one attached hydrogen (secondary N) is 1. The number of hydrogen-bond acceptors (Lipinski definition) is 5. The van der Waals surface area contributed by atoms with Crippen LogP contribution in [0.1, 0.15) is 10.4 Å². The van der Waals surface area contributed by atoms with Crippen LogP contribution in [0.5, 0.6) is 5.75 Å². The molecule has 1 atom stereocenters. The second kappa shape index (κ2) is 6.82. The van der Waals surface area contributed by atoms with E-state index < -0.39 is 26.8 Å². The van der Waals surface area contributed by atoms with Crippen LogP contribution in [0.3, 0.4) is 0 Å². The van der Waals surface area contributed by atoms with Crippen molar-refractivity contribution in [3.05, 3.63) is 23.8 Å². The van der Waals surface area contributed by atoms with Gasteiger partial charge in [0.25, 0.3) is 0 Å². The van der Waals surface area contributed by atoms with Crippen LogP contribution in [0.15, 0.2) is 23.1 Å². The number of ether oxygens (including phenoxy) is 1. The highest BCUT2D eigenvalue weighted by Gasteiger charge is 2.20. The van der Waals surface area contributed by atoms with Crippen LogP contribution in [0.4, 0.5) is 0 Å². The van der Waals surface area contributed by atoms with Crippen LogP contribution in [0.2, 0.25) is 0 Å². The highest BCUT2D eigenvalue weighted by Crippen LogP contribution is 2.24. The third kappa shape index (κ3) is 4.29. The summed E-state index contributed by atoms with van der Waals surface area (Å²) in [7, 11) is -3.70. The van der Waals surface area contributed by atoms with Crippen molar-refractivity contribution in [2.75, 3.05) is 25.7 Å². The zero-order valence-electron chi connectivity index (χ0n) is 11.0. The van der Waals surface area contributed by atoms with E-state index in [0.29, 0.717) is 0 Å². The summed E-state index contributed by atoms with van der Waals surface area (Å²) in [6.45, 7) is 0.0231. The average Bonchev–Trinajstić information content (AvgIpc) is 2.37. The Labute approximate surface area is 119 Å². The fourth-order valence-electron chi connectivity index (χ4n) is 1.42. The molecule has 1 rings (SSSR count). The number of sulfonamides is 1. The first kappa shape index (κ1) is 16.6. The van der Waals surface area contributed by atoms with Gasteiger partial charge in [0.15, 0.2) is 0 Å². The molecule has 0 saturated heterocycles. The SMILES string of the molecule is COc1cc(C(=O)O)ccc1S(=O)(=O)NCCS(C)=O. The monoisotopic (exact) mass is 321 g/mol. The number of hydrogen-bond donors (Lipinski definition) is 2. The van der Waals surface area contributed by atoms with E-state index in [0.717, 1.165) is 12.1 Å². The summed E-state index contributed by atoms with van der Waals surface area (Å²) in [6.07, 6.45) is 1.47. The number of carboxylic acids is 1. The maximum Gasteiger partial charge on any atom is 0.335 e. The van der Waals surface area contributed by atoms with Crippen molar-refractivity contribution in [2.24, 2.45) is 0 Å². The molecule has 20 heavy (non-hydrogen) atoms. The van der Waals surface area contributed by atoms with Gasteiger partial charge in [-0.15, -0.1) is 0 Å². The summed E-state index contributed by atoms with van der Waals surface area (Å²) < 4.78 is 42.2. The van der Waals surface area contributed by atoms with Crippen molar-refractivity contribution < 1.29 is 27.3 Å². The summed E-state index contributed by atoms with van der Waals surface area (Å²) in [5.74, 6) is -1.05. The molecule has 0 radical (unpaired) electrons. The molecule has 0 bridgehead atoms. The molecule has 2 N–H and O–H groups in total. The summed E-state index contributed by atoms with van der Waals surface area (Å²) in [4.78, 5) is 10.7. The predicted octanol–water partition coefficient (Wildman–Crippen LogP) is 0.0502. The Morgan fingerprint density at radius 2 is 2.10 bits per heavy atom. The molecule has 0 fully saturated rings. The Balaban J connectivity index is 3.05. The Morgan fingerprint density at radius 3 is 2.60 bits per heavy atom. The van der Waals surface area contributed by atoms with E-state index in [4.69, 9.17) is 9.84 Å². The van der Waals surface area contributed by atoms with Crippen LogP contribution in [-0.2, 0) is 20.8 Å². The Kier molecular flexibility index (Phi) is 5.66. The number of carboxylic acid groups (broad SMARTS) is 1. The second-order valence-electron chi connectivity index (χ2n) is 3.85. The van der Waals surface area contributed by atoms with Gasteiger partial charge in [0, 0.05) is 29.4 Å². The Hall–Kier alpha value is -1.45. The molecule has 0 amide bonds. The first-order valence-corrected chi connectivity index (χ1v) is 8.70. The quantitative estimate of drug-likeness (QED) is 0.734. The molecule has 0 aromatic heterocycles. The van der Waals surface area contributed by atoms with Gasteiger partial charge in [-0.05, 0) is 18.2 Å². The van der Waals surface area contributed by atoms with E-state index in [1.165, 1.54) is 19.4 Å². The molecule has 1 aromatic carbocycles. The maximum atomic E-state index is 12.0. The van der Waals surface area contributed by atoms with Gasteiger partial charge < -0.3 is 9.84 Å². The van der Waals surface area contributed by atoms with E-state index in [1.54, 1.807) is 0 Å². The summed E-state index contributed by atoms with van der Waals surface area (Å²) in [5.41, 5.74) is -0.0736. The first-order valence-electron chi connectivity index (χ1n) is 5.49. The van der Waals surface area contributed by atoms with Crippen LogP contribution in [0, 0.1) is 0 Å². The van der Waals surface area contributed by atoms with E-state index in [9.17, 15) is 17.4 Å². The summed E-state index contributed by atoms with van der Waals surface area (Å²) in [5, 5.41) is 8.85. The van der Waals surface area contributed by atoms with Gasteiger partial charge in [-0.3, -0.25) is 4.21 Å². The third-order valence-electron chi connectivity index (χ3n) is 2.38. The topological polar surface area (TPSA) is 110 Å². The highest BCUT2D eigenvalue weighted by molar-refractivity contribution is 7.89. The highest BCUT2D eigenvalue weighted by atomic mass is 32.2. The van der Waals surface area contributed by atoms with E-state index in [-0.39, 0.29) is 28.5 Å². The number of benzene rings is 1. The molecule has 1 unspecified atom stereocenters. The normalized spacial score (nSPS) is 12.9. The Morgan fingerprint density at radius 1 is 1.45 bits per heavy atom. The average molecular weight is 321 g/mol. The number of carbonyl (C=O) groups is 1. The van der Waals surface area contributed by atoms with Gasteiger partial charge in [0.05, 0.1) is 12.7 Å². The fraction of sp³-hybridized carbons (Fsp3) is 0.364. The lowest BCUT2D eigenvalue weighted by Gasteiger charge is -2.11. The maximum absolute atomic E-state index is 12.0. The van der Waals surface area contributed by atoms with Crippen molar-refractivity contribution in [3.8, 4) is 5.75 Å². The van der Waals surface area contributed by atoms with Gasteiger partial charge in [0.2, 0.25) is 10.0 Å². The second-order valence-corrected chi connectivity index (χ2v) is 7.14. The van der Waals surface area contributed by atoms with Crippen LogP contribution in [0.25, 0.3) is 0 Å². The van der Waals surface area contributed by atoms with Crippen molar-refractivity contribution in [1.29, 1.82) is 0 Å². The molecular weight excluding hydrogens is 306 g/mol. The van der Waals surface area contributed by atoms with Gasteiger partial charge in [0.1, 0.15) is 10.6 Å². The first-order chi connectivity index (χ1) is 9.27. The summed E-state index contributed by atoms with van der Waals surface area (Å²) in [6, 6.07) is 3.47. The largest absolute Gasteiger partial charge is 0.495 e. The Bertz CT molecular complexity index is 626. The molecule has 0 heterocycles. The van der Waals surface area contributed by atoms with Crippen LogP contribution < -0.4 is 9.46 Å². The number of methoxy groups -OCH3 is 1. The molecular formula is C11H15NO6S2. The lowest BCUT2D eigenvalue weighted by atomic mass is 10.2. The molecule has 0 aliphatic carbocycles. The third-order valence-corrected chi connectivity index (χ3v) is 4.66. The van der Waals surface area contributed by atoms with E-state index in [2.05, 4.69) is 4.72 Å². The van der Waals surface area contributed by atoms with E-state index >= 15 is 0 Å². The molecule has 0 saturated carbocycles. The van der Waals surface area contributed by atoms with Crippen LogP contribution >= 0.6 is 0 Å². The smallest absolute Gasteiger partial charge is 0.335 e.